The van der Waals surface area contributed by atoms with Crippen LogP contribution in [0.2, 0.25) is 0 Å². The van der Waals surface area contributed by atoms with Gasteiger partial charge in [-0.15, -0.1) is 0 Å². The Hall–Kier alpha value is -4.21. The van der Waals surface area contributed by atoms with Gasteiger partial charge in [0.15, 0.2) is 0 Å². The average molecular weight is 528 g/mol. The standard InChI is InChI=1S/C30H33N5O4/c1-20(36)31-24-8-4-22(5-9-24)15-34(16-23-6-10-25(11-7-23)32-21(2)37)17-26-18-39-19-30-33-28-13-12-27(38-3)14-29(28)35(26)30/h4-14,26H,15-19H2,1-3H3,(H,31,36)(H,32,37). The molecule has 2 N–H and O–H groups in total. The first-order valence-electron chi connectivity index (χ1n) is 13.0. The zero-order valence-corrected chi connectivity index (χ0v) is 22.4. The van der Waals surface area contributed by atoms with E-state index in [0.717, 1.165) is 51.7 Å². The molecule has 9 nitrogen and oxygen atoms in total. The smallest absolute Gasteiger partial charge is 0.221 e. The van der Waals surface area contributed by atoms with Crippen LogP contribution in [0.25, 0.3) is 11.0 Å². The third kappa shape index (κ3) is 6.45. The topological polar surface area (TPSA) is 97.7 Å². The third-order valence-corrected chi connectivity index (χ3v) is 6.71. The van der Waals surface area contributed by atoms with Crippen molar-refractivity contribution in [2.45, 2.75) is 39.6 Å². The van der Waals surface area contributed by atoms with E-state index in [1.165, 1.54) is 13.8 Å². The van der Waals surface area contributed by atoms with Gasteiger partial charge in [0.05, 0.1) is 30.8 Å². The summed E-state index contributed by atoms with van der Waals surface area (Å²) in [6.45, 7) is 6.20. The van der Waals surface area contributed by atoms with Crippen molar-refractivity contribution in [1.82, 2.24) is 14.5 Å². The van der Waals surface area contributed by atoms with Crippen molar-refractivity contribution >= 4 is 34.2 Å². The summed E-state index contributed by atoms with van der Waals surface area (Å²) in [5.74, 6) is 1.52. The summed E-state index contributed by atoms with van der Waals surface area (Å²) in [4.78, 5) is 30.1. The van der Waals surface area contributed by atoms with E-state index in [4.69, 9.17) is 14.5 Å². The first kappa shape index (κ1) is 26.4. The number of ether oxygens (including phenoxy) is 2. The highest BCUT2D eigenvalue weighted by atomic mass is 16.5. The Morgan fingerprint density at radius 3 is 2.08 bits per heavy atom. The Bertz CT molecular complexity index is 1400. The summed E-state index contributed by atoms with van der Waals surface area (Å²) in [5, 5.41) is 5.65. The number of fused-ring (bicyclic) bond motifs is 3. The highest BCUT2D eigenvalue weighted by molar-refractivity contribution is 5.89. The second-order valence-corrected chi connectivity index (χ2v) is 9.85. The van der Waals surface area contributed by atoms with E-state index >= 15 is 0 Å². The molecule has 2 amide bonds. The maximum Gasteiger partial charge on any atom is 0.221 e. The maximum atomic E-state index is 11.4. The minimum atomic E-state index is -0.0932. The van der Waals surface area contributed by atoms with Gasteiger partial charge < -0.3 is 24.7 Å². The van der Waals surface area contributed by atoms with Crippen LogP contribution in [0.1, 0.15) is 36.8 Å². The fourth-order valence-electron chi connectivity index (χ4n) is 5.05. The van der Waals surface area contributed by atoms with Crippen LogP contribution in [0.15, 0.2) is 66.7 Å². The number of imidazole rings is 1. The number of methoxy groups -OCH3 is 1. The van der Waals surface area contributed by atoms with E-state index in [0.29, 0.717) is 26.3 Å². The predicted molar refractivity (Wildman–Crippen MR) is 151 cm³/mol. The normalized spacial score (nSPS) is 14.7. The molecule has 3 aromatic carbocycles. The number of anilines is 2. The van der Waals surface area contributed by atoms with E-state index in [1.54, 1.807) is 7.11 Å². The molecule has 5 rings (SSSR count). The Morgan fingerprint density at radius 1 is 0.949 bits per heavy atom. The first-order chi connectivity index (χ1) is 18.9. The average Bonchev–Trinajstić information content (AvgIpc) is 3.29. The molecule has 1 aliphatic heterocycles. The number of carbonyl (C=O) groups excluding carboxylic acids is 2. The predicted octanol–water partition coefficient (Wildman–Crippen LogP) is 4.74. The number of benzene rings is 3. The molecular formula is C30H33N5O4. The Kier molecular flexibility index (Phi) is 7.90. The number of amides is 2. The van der Waals surface area contributed by atoms with Crippen LogP contribution in [-0.4, -0.2) is 46.5 Å². The van der Waals surface area contributed by atoms with Gasteiger partial charge in [-0.1, -0.05) is 24.3 Å². The summed E-state index contributed by atoms with van der Waals surface area (Å²) in [5.41, 5.74) is 5.78. The first-order valence-corrected chi connectivity index (χ1v) is 13.0. The lowest BCUT2D eigenvalue weighted by Crippen LogP contribution is -2.35. The fraction of sp³-hybridized carbons (Fsp3) is 0.300. The summed E-state index contributed by atoms with van der Waals surface area (Å²) in [6, 6.07) is 21.9. The zero-order valence-electron chi connectivity index (χ0n) is 22.4. The minimum absolute atomic E-state index is 0.0585. The van der Waals surface area contributed by atoms with Gasteiger partial charge in [0.25, 0.3) is 0 Å². The summed E-state index contributed by atoms with van der Waals surface area (Å²) in [7, 11) is 1.67. The molecule has 0 fully saturated rings. The molecule has 1 atom stereocenters. The van der Waals surface area contributed by atoms with Crippen LogP contribution in [0.5, 0.6) is 5.75 Å². The van der Waals surface area contributed by atoms with Crippen LogP contribution in [-0.2, 0) is 34.0 Å². The molecule has 1 aromatic heterocycles. The number of rotatable bonds is 9. The molecule has 2 heterocycles. The molecule has 1 unspecified atom stereocenters. The lowest BCUT2D eigenvalue weighted by molar-refractivity contribution is -0.115. The van der Waals surface area contributed by atoms with Crippen molar-refractivity contribution in [2.24, 2.45) is 0 Å². The number of nitrogens with one attached hydrogen (secondary N) is 2. The van der Waals surface area contributed by atoms with Crippen molar-refractivity contribution in [1.29, 1.82) is 0 Å². The number of carbonyl (C=O) groups is 2. The second kappa shape index (κ2) is 11.7. The summed E-state index contributed by atoms with van der Waals surface area (Å²) in [6.07, 6.45) is 0. The van der Waals surface area contributed by atoms with Crippen LogP contribution in [0, 0.1) is 0 Å². The van der Waals surface area contributed by atoms with Crippen LogP contribution < -0.4 is 15.4 Å². The molecule has 0 saturated heterocycles. The molecule has 39 heavy (non-hydrogen) atoms. The van der Waals surface area contributed by atoms with Crippen LogP contribution in [0.4, 0.5) is 11.4 Å². The second-order valence-electron chi connectivity index (χ2n) is 9.85. The highest BCUT2D eigenvalue weighted by Crippen LogP contribution is 2.30. The van der Waals surface area contributed by atoms with Gasteiger partial charge in [-0.3, -0.25) is 14.5 Å². The van der Waals surface area contributed by atoms with Gasteiger partial charge in [0.1, 0.15) is 18.2 Å². The van der Waals surface area contributed by atoms with Gasteiger partial charge in [0, 0.05) is 50.9 Å². The largest absolute Gasteiger partial charge is 0.497 e. The highest BCUT2D eigenvalue weighted by Gasteiger charge is 2.26. The van der Waals surface area contributed by atoms with Gasteiger partial charge in [-0.2, -0.15) is 0 Å². The summed E-state index contributed by atoms with van der Waals surface area (Å²) >= 11 is 0. The molecule has 0 spiro atoms. The molecular weight excluding hydrogens is 494 g/mol. The van der Waals surface area contributed by atoms with Crippen molar-refractivity contribution in [3.05, 3.63) is 83.7 Å². The SMILES string of the molecule is COc1ccc2nc3n(c2c1)C(CN(Cc1ccc(NC(C)=O)cc1)Cc1ccc(NC(C)=O)cc1)COC3. The van der Waals surface area contributed by atoms with Gasteiger partial charge in [-0.25, -0.2) is 4.98 Å². The lowest BCUT2D eigenvalue weighted by atomic mass is 10.1. The Morgan fingerprint density at radius 2 is 1.54 bits per heavy atom. The molecule has 0 radical (unpaired) electrons. The number of hydrogen-bond acceptors (Lipinski definition) is 6. The quantitative estimate of drug-likeness (QED) is 0.327. The molecule has 1 aliphatic rings. The zero-order chi connectivity index (χ0) is 27.4. The number of nitrogens with zero attached hydrogens (tertiary/aromatic N) is 3. The molecule has 202 valence electrons. The van der Waals surface area contributed by atoms with E-state index < -0.39 is 0 Å². The van der Waals surface area contributed by atoms with E-state index in [-0.39, 0.29) is 17.9 Å². The summed E-state index contributed by atoms with van der Waals surface area (Å²) < 4.78 is 13.8. The maximum absolute atomic E-state index is 11.4. The molecule has 0 saturated carbocycles. The number of aromatic nitrogens is 2. The van der Waals surface area contributed by atoms with Gasteiger partial charge in [0.2, 0.25) is 11.8 Å². The molecule has 0 aliphatic carbocycles. The molecule has 0 bridgehead atoms. The van der Waals surface area contributed by atoms with E-state index in [2.05, 4.69) is 20.1 Å². The third-order valence-electron chi connectivity index (χ3n) is 6.71. The minimum Gasteiger partial charge on any atom is -0.497 e. The molecule has 4 aromatic rings. The van der Waals surface area contributed by atoms with Crippen molar-refractivity contribution in [2.75, 3.05) is 30.9 Å². The van der Waals surface area contributed by atoms with Crippen LogP contribution >= 0.6 is 0 Å². The Balaban J connectivity index is 1.42. The Labute approximate surface area is 227 Å². The monoisotopic (exact) mass is 527 g/mol. The van der Waals surface area contributed by atoms with E-state index in [1.807, 2.05) is 66.7 Å². The van der Waals surface area contributed by atoms with Crippen molar-refractivity contribution < 1.29 is 19.1 Å². The van der Waals surface area contributed by atoms with Crippen molar-refractivity contribution in [3.63, 3.8) is 0 Å². The van der Waals surface area contributed by atoms with E-state index in [9.17, 15) is 9.59 Å². The lowest BCUT2D eigenvalue weighted by Gasteiger charge is -2.32. The fourth-order valence-corrected chi connectivity index (χ4v) is 5.05. The number of hydrogen-bond donors (Lipinski definition) is 2. The molecule has 9 heteroatoms. The van der Waals surface area contributed by atoms with Gasteiger partial charge in [-0.05, 0) is 47.5 Å². The van der Waals surface area contributed by atoms with Crippen molar-refractivity contribution in [3.8, 4) is 5.75 Å². The van der Waals surface area contributed by atoms with Gasteiger partial charge >= 0.3 is 0 Å². The van der Waals surface area contributed by atoms with Crippen LogP contribution in [0.3, 0.4) is 0 Å².